The number of aromatic amines is 1. The topological polar surface area (TPSA) is 147 Å². The molecular formula is C31H24F4IN7O4S. The Morgan fingerprint density at radius 2 is 1.88 bits per heavy atom. The van der Waals surface area contributed by atoms with Crippen LogP contribution >= 0.6 is 34.8 Å². The van der Waals surface area contributed by atoms with Crippen molar-refractivity contribution in [2.45, 2.75) is 36.4 Å². The summed E-state index contributed by atoms with van der Waals surface area (Å²) in [6, 6.07) is 9.08. The van der Waals surface area contributed by atoms with Crippen molar-refractivity contribution in [2.24, 2.45) is 16.0 Å². The Morgan fingerprint density at radius 1 is 1.17 bits per heavy atom. The van der Waals surface area contributed by atoms with Gasteiger partial charge in [0.05, 0.1) is 17.0 Å². The van der Waals surface area contributed by atoms with Crippen molar-refractivity contribution in [3.05, 3.63) is 82.7 Å². The number of fused-ring (bicyclic) bond motifs is 1. The molecule has 1 saturated heterocycles. The van der Waals surface area contributed by atoms with Gasteiger partial charge < -0.3 is 19.8 Å². The average molecular weight is 794 g/mol. The summed E-state index contributed by atoms with van der Waals surface area (Å²) < 4.78 is 63.7. The van der Waals surface area contributed by atoms with Crippen molar-refractivity contribution in [3.8, 4) is 17.4 Å². The highest BCUT2D eigenvalue weighted by Gasteiger charge is 2.44. The predicted octanol–water partition coefficient (Wildman–Crippen LogP) is 6.69. The number of nitrogens with one attached hydrogen (secondary N) is 2. The number of Topliss-reactive ketones (excluding diaryl/α,β-unsaturated/α-hetero) is 1. The number of halogens is 5. The molecule has 1 amide bonds. The molecule has 1 unspecified atom stereocenters. The number of hydrogen-bond donors (Lipinski definition) is 3. The molecule has 0 spiro atoms. The number of aromatic nitrogens is 2. The molecule has 6 rings (SSSR count). The monoisotopic (exact) mass is 793 g/mol. The van der Waals surface area contributed by atoms with Gasteiger partial charge in [0.1, 0.15) is 23.6 Å². The lowest BCUT2D eigenvalue weighted by Gasteiger charge is -2.20. The number of aryl methyl sites for hydroxylation is 1. The zero-order valence-electron chi connectivity index (χ0n) is 25.2. The number of anilines is 1. The number of alkyl halides is 3. The van der Waals surface area contributed by atoms with Crippen LogP contribution in [0.5, 0.6) is 17.4 Å². The number of nitrogens with zero attached hydrogens (tertiary/aromatic N) is 4. The number of carbonyl (C=O) groups excluding carboxylic acids is 2. The summed E-state index contributed by atoms with van der Waals surface area (Å²) in [5.74, 6) is -3.64. The van der Waals surface area contributed by atoms with Crippen molar-refractivity contribution in [1.82, 2.24) is 15.3 Å². The number of pyridine rings is 1. The largest absolute Gasteiger partial charge is 0.485 e. The SMILES string of the molecule is Cc1cc(Oc2c(F)cccc2F)ncc1C1=C(C(=O)c2cc3cc(OCC(F)F)c(N4C(=O)C(C)(C)NC4=S)cc3[nH]2)C(N)(I)N=N1. The maximum Gasteiger partial charge on any atom is 0.272 e. The van der Waals surface area contributed by atoms with Crippen LogP contribution in [0.4, 0.5) is 23.2 Å². The molecule has 17 heteroatoms. The first-order valence-corrected chi connectivity index (χ1v) is 15.6. The van der Waals surface area contributed by atoms with Crippen LogP contribution in [0, 0.1) is 18.6 Å². The van der Waals surface area contributed by atoms with E-state index in [1.54, 1.807) is 43.4 Å². The highest BCUT2D eigenvalue weighted by molar-refractivity contribution is 14.1. The van der Waals surface area contributed by atoms with Gasteiger partial charge in [0, 0.05) is 28.7 Å². The lowest BCUT2D eigenvalue weighted by atomic mass is 9.99. The summed E-state index contributed by atoms with van der Waals surface area (Å²) >= 11 is 7.14. The molecule has 1 fully saturated rings. The van der Waals surface area contributed by atoms with Crippen LogP contribution in [0.1, 0.15) is 35.5 Å². The van der Waals surface area contributed by atoms with E-state index in [4.69, 9.17) is 27.4 Å². The van der Waals surface area contributed by atoms with Crippen molar-refractivity contribution < 1.29 is 36.6 Å². The summed E-state index contributed by atoms with van der Waals surface area (Å²) in [5.41, 5.74) is 6.78. The highest BCUT2D eigenvalue weighted by Crippen LogP contribution is 2.43. The molecule has 0 saturated carbocycles. The fourth-order valence-corrected chi connectivity index (χ4v) is 6.22. The number of H-pyrrole nitrogens is 1. The molecule has 4 N–H and O–H groups in total. The number of rotatable bonds is 9. The second kappa shape index (κ2) is 12.2. The van der Waals surface area contributed by atoms with Crippen molar-refractivity contribution in [2.75, 3.05) is 11.5 Å². The summed E-state index contributed by atoms with van der Waals surface area (Å²) in [6.45, 7) is 3.95. The second-order valence-electron chi connectivity index (χ2n) is 11.4. The molecule has 2 aliphatic heterocycles. The maximum absolute atomic E-state index is 14.1. The Hall–Kier alpha value is -4.49. The number of azo groups is 1. The summed E-state index contributed by atoms with van der Waals surface area (Å²) in [6.07, 6.45) is -1.48. The Bertz CT molecular complexity index is 2080. The van der Waals surface area contributed by atoms with Crippen molar-refractivity contribution in [3.63, 3.8) is 0 Å². The number of ether oxygens (including phenoxy) is 2. The van der Waals surface area contributed by atoms with Crippen LogP contribution in [0.25, 0.3) is 16.6 Å². The van der Waals surface area contributed by atoms with Gasteiger partial charge in [-0.25, -0.2) is 22.5 Å². The minimum atomic E-state index is -2.80. The number of carbonyl (C=O) groups is 2. The van der Waals surface area contributed by atoms with Crippen LogP contribution in [-0.4, -0.2) is 49.0 Å². The number of nitrogens with two attached hydrogens (primary N) is 1. The van der Waals surface area contributed by atoms with E-state index in [1.807, 2.05) is 0 Å². The average Bonchev–Trinajstić information content (AvgIpc) is 3.62. The molecule has 11 nitrogen and oxygen atoms in total. The van der Waals surface area contributed by atoms with Gasteiger partial charge in [0.25, 0.3) is 12.3 Å². The summed E-state index contributed by atoms with van der Waals surface area (Å²) in [5, 5.41) is 11.6. The van der Waals surface area contributed by atoms with Gasteiger partial charge in [-0.2, -0.15) is 5.11 Å². The normalized spacial score (nSPS) is 18.8. The number of thiocarbonyl (C=S) groups is 1. The van der Waals surface area contributed by atoms with E-state index in [0.717, 1.165) is 17.0 Å². The van der Waals surface area contributed by atoms with Gasteiger partial charge >= 0.3 is 0 Å². The third-order valence-corrected chi connectivity index (χ3v) is 8.53. The smallest absolute Gasteiger partial charge is 0.272 e. The first-order valence-electron chi connectivity index (χ1n) is 14.1. The van der Waals surface area contributed by atoms with Gasteiger partial charge in [-0.3, -0.25) is 20.2 Å². The Kier molecular flexibility index (Phi) is 8.49. The molecule has 2 aromatic heterocycles. The number of para-hydroxylation sites is 1. The van der Waals surface area contributed by atoms with E-state index in [-0.39, 0.29) is 39.4 Å². The molecule has 248 valence electrons. The van der Waals surface area contributed by atoms with Crippen molar-refractivity contribution in [1.29, 1.82) is 0 Å². The second-order valence-corrected chi connectivity index (χ2v) is 13.4. The van der Waals surface area contributed by atoms with E-state index < -0.39 is 51.3 Å². The molecule has 4 aromatic rings. The predicted molar refractivity (Wildman–Crippen MR) is 180 cm³/mol. The lowest BCUT2D eigenvalue weighted by molar-refractivity contribution is -0.121. The minimum Gasteiger partial charge on any atom is -0.485 e. The van der Waals surface area contributed by atoms with E-state index in [0.29, 0.717) is 22.0 Å². The lowest BCUT2D eigenvalue weighted by Crippen LogP contribution is -2.40. The van der Waals surface area contributed by atoms with E-state index in [1.165, 1.54) is 36.5 Å². The van der Waals surface area contributed by atoms with Gasteiger partial charge in [0.2, 0.25) is 21.1 Å². The van der Waals surface area contributed by atoms with Crippen molar-refractivity contribution >= 4 is 73.9 Å². The molecule has 4 heterocycles. The minimum absolute atomic E-state index is 0.00961. The number of benzene rings is 2. The standard InChI is InChI=1S/C31H24F4IN7O4S/c1-13-7-23(47-27-16(32)5-4-6-17(27)33)38-11-15(13)25-24(31(36,37)42-41-25)26(44)19-8-14-9-21(46-12-22(34)35)20(10-18(14)39-19)43-28(45)30(2,3)40-29(43)48/h4-11,22,39H,12,37H2,1-3H3,(H,40,48). The van der Waals surface area contributed by atoms with E-state index >= 15 is 0 Å². The molecule has 48 heavy (non-hydrogen) atoms. The third kappa shape index (κ3) is 6.00. The molecule has 0 radical (unpaired) electrons. The maximum atomic E-state index is 14.1. The van der Waals surface area contributed by atoms with Gasteiger partial charge in [-0.15, -0.1) is 5.11 Å². The van der Waals surface area contributed by atoms with Gasteiger partial charge in [0.15, 0.2) is 16.7 Å². The van der Waals surface area contributed by atoms with Crippen LogP contribution in [0.3, 0.4) is 0 Å². The van der Waals surface area contributed by atoms with E-state index in [2.05, 4.69) is 25.5 Å². The quantitative estimate of drug-likeness (QED) is 0.0424. The van der Waals surface area contributed by atoms with E-state index in [9.17, 15) is 27.2 Å². The van der Waals surface area contributed by atoms with Gasteiger partial charge in [-0.1, -0.05) is 6.07 Å². The Balaban J connectivity index is 1.39. The first kappa shape index (κ1) is 33.4. The molecule has 0 bridgehead atoms. The Morgan fingerprint density at radius 3 is 2.50 bits per heavy atom. The highest BCUT2D eigenvalue weighted by atomic mass is 127. The zero-order valence-corrected chi connectivity index (χ0v) is 28.2. The number of amides is 1. The van der Waals surface area contributed by atoms with Crippen LogP contribution in [0.2, 0.25) is 0 Å². The summed E-state index contributed by atoms with van der Waals surface area (Å²) in [4.78, 5) is 35.6. The summed E-state index contributed by atoms with van der Waals surface area (Å²) in [7, 11) is 0. The zero-order chi connectivity index (χ0) is 34.7. The third-order valence-electron chi connectivity index (χ3n) is 7.49. The molecular weight excluding hydrogens is 769 g/mol. The molecule has 1 atom stereocenters. The Labute approximate surface area is 288 Å². The fraction of sp³-hybridized carbons (Fsp3) is 0.226. The fourth-order valence-electron chi connectivity index (χ4n) is 5.18. The first-order chi connectivity index (χ1) is 22.6. The molecule has 2 aromatic carbocycles. The number of ketones is 1. The van der Waals surface area contributed by atoms with Gasteiger partial charge in [-0.05, 0) is 91.5 Å². The molecule has 0 aliphatic carbocycles. The van der Waals surface area contributed by atoms with Crippen LogP contribution in [0.15, 0.2) is 64.5 Å². The van der Waals surface area contributed by atoms with Crippen LogP contribution in [-0.2, 0) is 4.79 Å². The number of hydrogen-bond acceptors (Lipinski definition) is 9. The van der Waals surface area contributed by atoms with Crippen LogP contribution < -0.4 is 25.4 Å². The molecule has 2 aliphatic rings.